The van der Waals surface area contributed by atoms with Gasteiger partial charge in [0, 0.05) is 12.8 Å². The molecule has 1 aliphatic rings. The quantitative estimate of drug-likeness (QED) is 0.845. The SMILES string of the molecule is Cc1ccc(S(=O)(=O)C2(C(=O)O)CC(O)C2)cc1. The van der Waals surface area contributed by atoms with E-state index in [9.17, 15) is 18.3 Å². The van der Waals surface area contributed by atoms with E-state index < -0.39 is 26.7 Å². The summed E-state index contributed by atoms with van der Waals surface area (Å²) in [5, 5.41) is 18.4. The Morgan fingerprint density at radius 2 is 1.78 bits per heavy atom. The predicted molar refractivity (Wildman–Crippen MR) is 64.0 cm³/mol. The third-order valence-corrected chi connectivity index (χ3v) is 5.80. The maximum absolute atomic E-state index is 12.3. The molecule has 6 heteroatoms. The van der Waals surface area contributed by atoms with E-state index >= 15 is 0 Å². The molecule has 0 atom stereocenters. The van der Waals surface area contributed by atoms with Gasteiger partial charge in [-0.2, -0.15) is 0 Å². The van der Waals surface area contributed by atoms with Gasteiger partial charge in [-0.05, 0) is 19.1 Å². The fourth-order valence-electron chi connectivity index (χ4n) is 2.15. The van der Waals surface area contributed by atoms with Crippen molar-refractivity contribution in [3.63, 3.8) is 0 Å². The highest BCUT2D eigenvalue weighted by molar-refractivity contribution is 7.93. The van der Waals surface area contributed by atoms with Crippen molar-refractivity contribution in [2.24, 2.45) is 0 Å². The van der Waals surface area contributed by atoms with E-state index in [4.69, 9.17) is 5.11 Å². The van der Waals surface area contributed by atoms with Gasteiger partial charge in [0.25, 0.3) is 0 Å². The van der Waals surface area contributed by atoms with Gasteiger partial charge in [0.05, 0.1) is 11.0 Å². The average molecular weight is 270 g/mol. The number of hydrogen-bond acceptors (Lipinski definition) is 4. The van der Waals surface area contributed by atoms with Crippen molar-refractivity contribution in [2.75, 3.05) is 0 Å². The maximum atomic E-state index is 12.3. The monoisotopic (exact) mass is 270 g/mol. The Labute approximate surface area is 105 Å². The molecule has 0 bridgehead atoms. The summed E-state index contributed by atoms with van der Waals surface area (Å²) in [5.74, 6) is -1.40. The predicted octanol–water partition coefficient (Wildman–Crippen LogP) is 0.747. The normalized spacial score (nSPS) is 27.6. The zero-order valence-corrected chi connectivity index (χ0v) is 10.6. The van der Waals surface area contributed by atoms with Crippen LogP contribution < -0.4 is 0 Å². The highest BCUT2D eigenvalue weighted by Gasteiger charge is 2.60. The van der Waals surface area contributed by atoms with Crippen LogP contribution in [0.5, 0.6) is 0 Å². The molecule has 0 unspecified atom stereocenters. The smallest absolute Gasteiger partial charge is 0.325 e. The molecule has 5 nitrogen and oxygen atoms in total. The number of carboxylic acids is 1. The molecule has 0 heterocycles. The zero-order chi connectivity index (χ0) is 13.6. The van der Waals surface area contributed by atoms with Crippen molar-refractivity contribution >= 4 is 15.8 Å². The molecule has 1 aliphatic carbocycles. The van der Waals surface area contributed by atoms with Crippen molar-refractivity contribution in [3.8, 4) is 0 Å². The second-order valence-electron chi connectivity index (χ2n) is 4.68. The maximum Gasteiger partial charge on any atom is 0.325 e. The summed E-state index contributed by atoms with van der Waals surface area (Å²) >= 11 is 0. The number of aliphatic carboxylic acids is 1. The minimum atomic E-state index is -3.97. The van der Waals surface area contributed by atoms with Crippen molar-refractivity contribution in [1.82, 2.24) is 0 Å². The van der Waals surface area contributed by atoms with Gasteiger partial charge in [0.1, 0.15) is 0 Å². The van der Waals surface area contributed by atoms with E-state index in [1.165, 1.54) is 12.1 Å². The summed E-state index contributed by atoms with van der Waals surface area (Å²) in [4.78, 5) is 11.2. The second-order valence-corrected chi connectivity index (χ2v) is 6.94. The highest BCUT2D eigenvalue weighted by atomic mass is 32.2. The number of carboxylic acid groups (broad SMARTS) is 1. The van der Waals surface area contributed by atoms with Crippen LogP contribution in [0.25, 0.3) is 0 Å². The number of benzene rings is 1. The number of aryl methyl sites for hydroxylation is 1. The summed E-state index contributed by atoms with van der Waals surface area (Å²) in [6, 6.07) is 6.05. The molecule has 18 heavy (non-hydrogen) atoms. The summed E-state index contributed by atoms with van der Waals surface area (Å²) in [6.45, 7) is 1.82. The molecule has 1 aromatic rings. The lowest BCUT2D eigenvalue weighted by molar-refractivity contribution is -0.146. The van der Waals surface area contributed by atoms with Crippen molar-refractivity contribution in [3.05, 3.63) is 29.8 Å². The molecule has 2 rings (SSSR count). The number of rotatable bonds is 3. The molecule has 98 valence electrons. The summed E-state index contributed by atoms with van der Waals surface area (Å²) in [7, 11) is -3.97. The Kier molecular flexibility index (Phi) is 2.95. The Balaban J connectivity index is 2.48. The van der Waals surface area contributed by atoms with Crippen molar-refractivity contribution in [2.45, 2.75) is 35.5 Å². The van der Waals surface area contributed by atoms with E-state index in [2.05, 4.69) is 0 Å². The molecule has 0 radical (unpaired) electrons. The van der Waals surface area contributed by atoms with Gasteiger partial charge in [-0.25, -0.2) is 8.42 Å². The first kappa shape index (κ1) is 13.0. The van der Waals surface area contributed by atoms with Crippen LogP contribution in [0.1, 0.15) is 18.4 Å². The van der Waals surface area contributed by atoms with Crippen LogP contribution in [-0.2, 0) is 14.6 Å². The van der Waals surface area contributed by atoms with Gasteiger partial charge in [0.2, 0.25) is 0 Å². The van der Waals surface area contributed by atoms with Gasteiger partial charge in [-0.1, -0.05) is 17.7 Å². The topological polar surface area (TPSA) is 91.7 Å². The molecule has 0 spiro atoms. The van der Waals surface area contributed by atoms with E-state index in [0.29, 0.717) is 0 Å². The summed E-state index contributed by atoms with van der Waals surface area (Å²) < 4.78 is 22.8. The van der Waals surface area contributed by atoms with Crippen LogP contribution in [0.2, 0.25) is 0 Å². The molecular weight excluding hydrogens is 256 g/mol. The lowest BCUT2D eigenvalue weighted by atomic mass is 9.81. The molecule has 0 aromatic heterocycles. The van der Waals surface area contributed by atoms with E-state index in [0.717, 1.165) is 5.56 Å². The first-order valence-electron chi connectivity index (χ1n) is 5.52. The first-order valence-corrected chi connectivity index (χ1v) is 7.01. The average Bonchev–Trinajstić information content (AvgIpc) is 2.24. The highest BCUT2D eigenvalue weighted by Crippen LogP contribution is 2.43. The summed E-state index contributed by atoms with van der Waals surface area (Å²) in [6.07, 6.45) is -1.36. The van der Waals surface area contributed by atoms with Gasteiger partial charge in [-0.3, -0.25) is 4.79 Å². The molecule has 1 fully saturated rings. The molecular formula is C12H14O5S. The number of sulfone groups is 1. The third kappa shape index (κ3) is 1.72. The summed E-state index contributed by atoms with van der Waals surface area (Å²) in [5.41, 5.74) is 0.895. The van der Waals surface area contributed by atoms with Crippen molar-refractivity contribution in [1.29, 1.82) is 0 Å². The van der Waals surface area contributed by atoms with Crippen LogP contribution in [0.4, 0.5) is 0 Å². The number of aliphatic hydroxyl groups excluding tert-OH is 1. The minimum absolute atomic E-state index is 0.0117. The molecule has 1 aromatic carbocycles. The minimum Gasteiger partial charge on any atom is -0.480 e. The van der Waals surface area contributed by atoms with E-state index in [1.807, 2.05) is 6.92 Å². The number of carbonyl (C=O) groups is 1. The van der Waals surface area contributed by atoms with Crippen LogP contribution >= 0.6 is 0 Å². The van der Waals surface area contributed by atoms with E-state index in [1.54, 1.807) is 12.1 Å². The molecule has 0 saturated heterocycles. The van der Waals surface area contributed by atoms with Gasteiger partial charge >= 0.3 is 5.97 Å². The van der Waals surface area contributed by atoms with Crippen LogP contribution in [0, 0.1) is 6.92 Å². The van der Waals surface area contributed by atoms with E-state index in [-0.39, 0.29) is 17.7 Å². The van der Waals surface area contributed by atoms with Gasteiger partial charge in [-0.15, -0.1) is 0 Å². The second kappa shape index (κ2) is 4.07. The Morgan fingerprint density at radius 1 is 1.28 bits per heavy atom. The molecule has 0 aliphatic heterocycles. The molecule has 1 saturated carbocycles. The van der Waals surface area contributed by atoms with Gasteiger partial charge in [0.15, 0.2) is 14.6 Å². The molecule has 0 amide bonds. The molecule has 2 N–H and O–H groups in total. The Morgan fingerprint density at radius 3 is 2.17 bits per heavy atom. The standard InChI is InChI=1S/C12H14O5S/c1-8-2-4-10(5-3-8)18(16,17)12(11(14)15)6-9(13)7-12/h2-5,9,13H,6-7H2,1H3,(H,14,15). The largest absolute Gasteiger partial charge is 0.480 e. The third-order valence-electron chi connectivity index (χ3n) is 3.37. The lowest BCUT2D eigenvalue weighted by Crippen LogP contribution is -2.58. The number of aliphatic hydroxyl groups is 1. The lowest BCUT2D eigenvalue weighted by Gasteiger charge is -2.40. The van der Waals surface area contributed by atoms with Crippen LogP contribution in [0.15, 0.2) is 29.2 Å². The van der Waals surface area contributed by atoms with Crippen LogP contribution in [-0.4, -0.2) is 35.5 Å². The number of hydrogen-bond donors (Lipinski definition) is 2. The fourth-order valence-corrected chi connectivity index (χ4v) is 4.15. The van der Waals surface area contributed by atoms with Crippen molar-refractivity contribution < 1.29 is 23.4 Å². The Hall–Kier alpha value is -1.40. The fraction of sp³-hybridized carbons (Fsp3) is 0.417. The Bertz CT molecular complexity index is 567. The van der Waals surface area contributed by atoms with Crippen LogP contribution in [0.3, 0.4) is 0 Å². The van der Waals surface area contributed by atoms with Gasteiger partial charge < -0.3 is 10.2 Å². The first-order chi connectivity index (χ1) is 8.29. The zero-order valence-electron chi connectivity index (χ0n) is 9.83.